The number of furan rings is 1. The van der Waals surface area contributed by atoms with E-state index in [-0.39, 0.29) is 38.8 Å². The number of amides is 1. The molecule has 1 amide bonds. The highest BCUT2D eigenvalue weighted by Gasteiger charge is 2.16. The summed E-state index contributed by atoms with van der Waals surface area (Å²) in [6.07, 6.45) is 1.49. The van der Waals surface area contributed by atoms with Crippen molar-refractivity contribution < 1.29 is 19.4 Å². The Hall–Kier alpha value is -2.26. The lowest BCUT2D eigenvalue weighted by Gasteiger charge is -2.19. The molecule has 0 spiro atoms. The van der Waals surface area contributed by atoms with Crippen molar-refractivity contribution in [2.75, 3.05) is 26.3 Å². The maximum absolute atomic E-state index is 11.9. The van der Waals surface area contributed by atoms with Gasteiger partial charge in [0.05, 0.1) is 19.5 Å². The summed E-state index contributed by atoms with van der Waals surface area (Å²) in [6.45, 7) is -0.158. The van der Waals surface area contributed by atoms with Crippen molar-refractivity contribution >= 4 is 5.91 Å². The lowest BCUT2D eigenvalue weighted by Crippen LogP contribution is -2.38. The Morgan fingerprint density at radius 1 is 1.35 bits per heavy atom. The molecule has 2 aromatic rings. The summed E-state index contributed by atoms with van der Waals surface area (Å²) in [5.41, 5.74) is 0. The van der Waals surface area contributed by atoms with Gasteiger partial charge >= 0.3 is 0 Å². The molecule has 0 aliphatic carbocycles. The van der Waals surface area contributed by atoms with Crippen LogP contribution >= 0.6 is 0 Å². The summed E-state index contributed by atoms with van der Waals surface area (Å²) >= 11 is 0. The second-order valence-corrected chi connectivity index (χ2v) is 3.95. The summed E-state index contributed by atoms with van der Waals surface area (Å²) in [6, 6.07) is 3.39. The number of hydrogen-bond donors (Lipinski definition) is 2. The SMILES string of the molecule is O=C(Cn1nnc(-c2ccco2)n1)N(CCO)CCO. The van der Waals surface area contributed by atoms with Crippen LogP contribution in [0.2, 0.25) is 0 Å². The summed E-state index contributed by atoms with van der Waals surface area (Å²) in [7, 11) is 0. The number of carbonyl (C=O) groups is 1. The van der Waals surface area contributed by atoms with Crippen LogP contribution in [0, 0.1) is 0 Å². The summed E-state index contributed by atoms with van der Waals surface area (Å²) < 4.78 is 5.12. The lowest BCUT2D eigenvalue weighted by molar-refractivity contribution is -0.133. The predicted molar refractivity (Wildman–Crippen MR) is 66.3 cm³/mol. The molecule has 0 radical (unpaired) electrons. The Kier molecular flexibility index (Phi) is 4.80. The average molecular weight is 281 g/mol. The van der Waals surface area contributed by atoms with E-state index in [9.17, 15) is 4.79 Å². The predicted octanol–water partition coefficient (Wildman–Crippen LogP) is -1.25. The Bertz CT molecular complexity index is 533. The van der Waals surface area contributed by atoms with E-state index in [0.29, 0.717) is 11.6 Å². The summed E-state index contributed by atoms with van der Waals surface area (Å²) in [5.74, 6) is 0.446. The average Bonchev–Trinajstić information content (AvgIpc) is 3.08. The number of nitrogens with zero attached hydrogens (tertiary/aromatic N) is 5. The first-order valence-corrected chi connectivity index (χ1v) is 6.05. The molecule has 9 heteroatoms. The molecule has 0 aliphatic heterocycles. The molecule has 2 aromatic heterocycles. The maximum Gasteiger partial charge on any atom is 0.246 e. The Morgan fingerprint density at radius 2 is 2.10 bits per heavy atom. The first-order chi connectivity index (χ1) is 9.74. The van der Waals surface area contributed by atoms with Crippen molar-refractivity contribution in [3.05, 3.63) is 18.4 Å². The van der Waals surface area contributed by atoms with E-state index in [2.05, 4.69) is 15.4 Å². The number of carbonyl (C=O) groups excluding carboxylic acids is 1. The topological polar surface area (TPSA) is 118 Å². The highest BCUT2D eigenvalue weighted by Crippen LogP contribution is 2.12. The van der Waals surface area contributed by atoms with Gasteiger partial charge in [-0.3, -0.25) is 4.79 Å². The van der Waals surface area contributed by atoms with Crippen LogP contribution < -0.4 is 0 Å². The van der Waals surface area contributed by atoms with E-state index >= 15 is 0 Å². The molecule has 2 N–H and O–H groups in total. The minimum atomic E-state index is -0.309. The monoisotopic (exact) mass is 281 g/mol. The van der Waals surface area contributed by atoms with Crippen molar-refractivity contribution in [2.45, 2.75) is 6.54 Å². The second-order valence-electron chi connectivity index (χ2n) is 3.95. The zero-order chi connectivity index (χ0) is 14.4. The van der Waals surface area contributed by atoms with Crippen LogP contribution in [0.5, 0.6) is 0 Å². The lowest BCUT2D eigenvalue weighted by atomic mass is 10.4. The molecule has 2 rings (SSSR count). The number of aliphatic hydroxyl groups is 2. The minimum absolute atomic E-state index is 0.117. The normalized spacial score (nSPS) is 10.7. The highest BCUT2D eigenvalue weighted by molar-refractivity contribution is 5.75. The van der Waals surface area contributed by atoms with E-state index in [1.165, 1.54) is 11.2 Å². The van der Waals surface area contributed by atoms with Crippen LogP contribution in [0.25, 0.3) is 11.6 Å². The van der Waals surface area contributed by atoms with E-state index < -0.39 is 0 Å². The molecule has 0 saturated carbocycles. The van der Waals surface area contributed by atoms with Crippen LogP contribution in [0.4, 0.5) is 0 Å². The first-order valence-electron chi connectivity index (χ1n) is 6.05. The molecular weight excluding hydrogens is 266 g/mol. The van der Waals surface area contributed by atoms with Gasteiger partial charge in [0, 0.05) is 13.1 Å². The zero-order valence-corrected chi connectivity index (χ0v) is 10.7. The highest BCUT2D eigenvalue weighted by atomic mass is 16.3. The van der Waals surface area contributed by atoms with Gasteiger partial charge in [-0.15, -0.1) is 10.2 Å². The fourth-order valence-corrected chi connectivity index (χ4v) is 1.64. The van der Waals surface area contributed by atoms with Crippen LogP contribution in [0.15, 0.2) is 22.8 Å². The molecule has 20 heavy (non-hydrogen) atoms. The van der Waals surface area contributed by atoms with Crippen molar-refractivity contribution in [3.63, 3.8) is 0 Å². The van der Waals surface area contributed by atoms with Gasteiger partial charge in [-0.2, -0.15) is 4.80 Å². The standard InChI is InChI=1S/C11H15N5O4/c17-5-3-15(4-6-18)10(19)8-16-13-11(12-14-16)9-2-1-7-20-9/h1-2,7,17-18H,3-6,8H2. The second kappa shape index (κ2) is 6.78. The minimum Gasteiger partial charge on any atom is -0.461 e. The van der Waals surface area contributed by atoms with Gasteiger partial charge in [0.1, 0.15) is 6.54 Å². The molecule has 0 aliphatic rings. The van der Waals surface area contributed by atoms with Gasteiger partial charge in [0.2, 0.25) is 11.7 Å². The third-order valence-electron chi connectivity index (χ3n) is 2.56. The largest absolute Gasteiger partial charge is 0.461 e. The molecule has 0 saturated heterocycles. The third kappa shape index (κ3) is 3.39. The van der Waals surface area contributed by atoms with Crippen LogP contribution in [-0.4, -0.2) is 67.5 Å². The zero-order valence-electron chi connectivity index (χ0n) is 10.7. The van der Waals surface area contributed by atoms with E-state index in [0.717, 1.165) is 4.80 Å². The third-order valence-corrected chi connectivity index (χ3v) is 2.56. The Labute approximate surface area is 114 Å². The number of aliphatic hydroxyl groups excluding tert-OH is 2. The van der Waals surface area contributed by atoms with Gasteiger partial charge in [0.15, 0.2) is 5.76 Å². The maximum atomic E-state index is 11.9. The molecule has 108 valence electrons. The summed E-state index contributed by atoms with van der Waals surface area (Å²) in [5, 5.41) is 29.3. The Balaban J connectivity index is 2.00. The molecule has 9 nitrogen and oxygen atoms in total. The molecule has 0 bridgehead atoms. The van der Waals surface area contributed by atoms with Crippen LogP contribution in [0.1, 0.15) is 0 Å². The molecule has 0 unspecified atom stereocenters. The molecule has 0 fully saturated rings. The van der Waals surface area contributed by atoms with E-state index in [4.69, 9.17) is 14.6 Å². The van der Waals surface area contributed by atoms with Crippen molar-refractivity contribution in [2.24, 2.45) is 0 Å². The van der Waals surface area contributed by atoms with E-state index in [1.54, 1.807) is 12.1 Å². The Morgan fingerprint density at radius 3 is 2.70 bits per heavy atom. The van der Waals surface area contributed by atoms with Crippen LogP contribution in [0.3, 0.4) is 0 Å². The van der Waals surface area contributed by atoms with E-state index in [1.807, 2.05) is 0 Å². The summed E-state index contributed by atoms with van der Waals surface area (Å²) in [4.78, 5) is 14.4. The first kappa shape index (κ1) is 14.2. The number of tetrazole rings is 1. The van der Waals surface area contributed by atoms with Crippen molar-refractivity contribution in [3.8, 4) is 11.6 Å². The smallest absolute Gasteiger partial charge is 0.246 e. The van der Waals surface area contributed by atoms with Gasteiger partial charge in [-0.25, -0.2) is 0 Å². The number of aromatic nitrogens is 4. The molecule has 2 heterocycles. The number of hydrogen-bond acceptors (Lipinski definition) is 7. The molecule has 0 atom stereocenters. The number of rotatable bonds is 7. The quantitative estimate of drug-likeness (QED) is 0.650. The molecular formula is C11H15N5O4. The van der Waals surface area contributed by atoms with Crippen molar-refractivity contribution in [1.82, 2.24) is 25.1 Å². The molecule has 0 aromatic carbocycles. The fourth-order valence-electron chi connectivity index (χ4n) is 1.64. The van der Waals surface area contributed by atoms with Gasteiger partial charge in [-0.1, -0.05) is 0 Å². The van der Waals surface area contributed by atoms with Gasteiger partial charge in [0.25, 0.3) is 0 Å². The fraction of sp³-hybridized carbons (Fsp3) is 0.455. The van der Waals surface area contributed by atoms with Crippen molar-refractivity contribution in [1.29, 1.82) is 0 Å². The van der Waals surface area contributed by atoms with Gasteiger partial charge in [-0.05, 0) is 17.3 Å². The van der Waals surface area contributed by atoms with Crippen LogP contribution in [-0.2, 0) is 11.3 Å². The van der Waals surface area contributed by atoms with Gasteiger partial charge < -0.3 is 19.5 Å².